The number of rotatable bonds is 6. The Hall–Kier alpha value is -0.650. The second kappa shape index (κ2) is 6.87. The fourth-order valence-electron chi connectivity index (χ4n) is 3.34. The zero-order chi connectivity index (χ0) is 14.6. The molecule has 0 aromatic heterocycles. The lowest BCUT2D eigenvalue weighted by molar-refractivity contribution is -0.129. The normalized spacial score (nSPS) is 25.1. The van der Waals surface area contributed by atoms with Crippen molar-refractivity contribution >= 4 is 5.91 Å². The lowest BCUT2D eigenvalue weighted by Gasteiger charge is -2.41. The number of nitrogens with zero attached hydrogens (tertiary/aromatic N) is 2. The Balaban J connectivity index is 1.73. The van der Waals surface area contributed by atoms with Crippen molar-refractivity contribution in [3.8, 4) is 0 Å². The fraction of sp³-hybridized carbons (Fsp3) is 0.933. The largest absolute Gasteiger partial charge is 0.396 e. The zero-order valence-corrected chi connectivity index (χ0v) is 12.6. The maximum Gasteiger partial charge on any atom is 0.222 e. The van der Waals surface area contributed by atoms with E-state index in [1.807, 2.05) is 0 Å². The predicted octanol–water partition coefficient (Wildman–Crippen LogP) is 0.454. The number of hydrogen-bond donors (Lipinski definition) is 2. The van der Waals surface area contributed by atoms with E-state index in [2.05, 4.69) is 11.8 Å². The van der Waals surface area contributed by atoms with Gasteiger partial charge in [-0.1, -0.05) is 6.92 Å². The molecule has 2 aliphatic rings. The zero-order valence-electron chi connectivity index (χ0n) is 12.6. The number of carbonyl (C=O) groups is 1. The molecule has 20 heavy (non-hydrogen) atoms. The first-order chi connectivity index (χ1) is 9.58. The average Bonchev–Trinajstić information content (AvgIpc) is 2.85. The lowest BCUT2D eigenvalue weighted by Crippen LogP contribution is -2.46. The van der Waals surface area contributed by atoms with Gasteiger partial charge in [-0.05, 0) is 44.2 Å². The van der Waals surface area contributed by atoms with Crippen LogP contribution in [0.25, 0.3) is 0 Å². The van der Waals surface area contributed by atoms with Crippen molar-refractivity contribution in [2.24, 2.45) is 5.41 Å². The van der Waals surface area contributed by atoms with Gasteiger partial charge >= 0.3 is 0 Å². The maximum absolute atomic E-state index is 11.5. The molecule has 5 nitrogen and oxygen atoms in total. The van der Waals surface area contributed by atoms with Gasteiger partial charge in [-0.2, -0.15) is 0 Å². The molecule has 1 atom stereocenters. The highest BCUT2D eigenvalue weighted by Crippen LogP contribution is 2.34. The Labute approximate surface area is 121 Å². The minimum absolute atomic E-state index is 0.0897. The Morgan fingerprint density at radius 2 is 1.95 bits per heavy atom. The molecule has 1 unspecified atom stereocenters. The topological polar surface area (TPSA) is 64.0 Å². The molecule has 2 N–H and O–H groups in total. The number of β-amino-alcohol motifs (C(OH)–C–C–N with tert-alkyl or cyclic N) is 1. The van der Waals surface area contributed by atoms with E-state index in [0.29, 0.717) is 19.5 Å². The molecular formula is C15H28N2O3. The molecule has 0 radical (unpaired) electrons. The van der Waals surface area contributed by atoms with E-state index in [9.17, 15) is 15.0 Å². The first-order valence-electron chi connectivity index (χ1n) is 7.87. The van der Waals surface area contributed by atoms with Gasteiger partial charge in [0.25, 0.3) is 0 Å². The molecule has 0 spiro atoms. The predicted molar refractivity (Wildman–Crippen MR) is 77.3 cm³/mol. The molecule has 2 aliphatic heterocycles. The molecule has 2 fully saturated rings. The summed E-state index contributed by atoms with van der Waals surface area (Å²) in [5.41, 5.74) is 0.0897. The fourth-order valence-corrected chi connectivity index (χ4v) is 3.34. The summed E-state index contributed by atoms with van der Waals surface area (Å²) < 4.78 is 0. The van der Waals surface area contributed by atoms with E-state index in [4.69, 9.17) is 0 Å². The summed E-state index contributed by atoms with van der Waals surface area (Å²) in [7, 11) is 0. The maximum atomic E-state index is 11.5. The highest BCUT2D eigenvalue weighted by atomic mass is 16.3. The van der Waals surface area contributed by atoms with E-state index in [0.717, 1.165) is 45.3 Å². The molecule has 1 amide bonds. The van der Waals surface area contributed by atoms with Gasteiger partial charge in [0.05, 0.1) is 6.10 Å². The van der Waals surface area contributed by atoms with Crippen LogP contribution in [0.4, 0.5) is 0 Å². The van der Waals surface area contributed by atoms with Gasteiger partial charge < -0.3 is 20.0 Å². The summed E-state index contributed by atoms with van der Waals surface area (Å²) >= 11 is 0. The van der Waals surface area contributed by atoms with E-state index in [1.165, 1.54) is 0 Å². The Morgan fingerprint density at radius 3 is 2.45 bits per heavy atom. The summed E-state index contributed by atoms with van der Waals surface area (Å²) in [6.45, 7) is 6.16. The minimum atomic E-state index is -0.458. The van der Waals surface area contributed by atoms with Crippen LogP contribution in [-0.4, -0.2) is 71.4 Å². The standard InChI is InChI=1S/C15H28N2O3/c1-2-15(12-18)5-8-16(9-6-15)10-13(19)11-17-7-3-4-14(17)20/h13,18-19H,2-12H2,1H3. The van der Waals surface area contributed by atoms with Crippen molar-refractivity contribution in [3.05, 3.63) is 0 Å². The Morgan fingerprint density at radius 1 is 1.25 bits per heavy atom. The van der Waals surface area contributed by atoms with Crippen LogP contribution < -0.4 is 0 Å². The summed E-state index contributed by atoms with van der Waals surface area (Å²) in [5, 5.41) is 19.7. The van der Waals surface area contributed by atoms with Crippen LogP contribution in [0.1, 0.15) is 39.0 Å². The molecule has 0 aliphatic carbocycles. The van der Waals surface area contributed by atoms with Crippen LogP contribution in [0.3, 0.4) is 0 Å². The van der Waals surface area contributed by atoms with Crippen LogP contribution in [0.5, 0.6) is 0 Å². The molecule has 0 bridgehead atoms. The van der Waals surface area contributed by atoms with Gasteiger partial charge in [0.1, 0.15) is 0 Å². The highest BCUT2D eigenvalue weighted by molar-refractivity contribution is 5.78. The van der Waals surface area contributed by atoms with Crippen LogP contribution in [-0.2, 0) is 4.79 Å². The molecule has 0 aromatic carbocycles. The minimum Gasteiger partial charge on any atom is -0.396 e. The molecular weight excluding hydrogens is 256 g/mol. The van der Waals surface area contributed by atoms with Gasteiger partial charge in [-0.3, -0.25) is 4.79 Å². The average molecular weight is 284 g/mol. The van der Waals surface area contributed by atoms with Crippen LogP contribution in [0.15, 0.2) is 0 Å². The first kappa shape index (κ1) is 15.7. The third-order valence-electron chi connectivity index (χ3n) is 5.07. The van der Waals surface area contributed by atoms with E-state index in [-0.39, 0.29) is 17.9 Å². The third kappa shape index (κ3) is 3.71. The van der Waals surface area contributed by atoms with E-state index >= 15 is 0 Å². The van der Waals surface area contributed by atoms with E-state index < -0.39 is 6.10 Å². The number of piperidine rings is 1. The molecule has 2 rings (SSSR count). The summed E-state index contributed by atoms with van der Waals surface area (Å²) in [5.74, 6) is 0.174. The second-order valence-corrected chi connectivity index (χ2v) is 6.41. The number of likely N-dealkylation sites (tertiary alicyclic amines) is 2. The molecule has 2 saturated heterocycles. The van der Waals surface area contributed by atoms with Crippen molar-refractivity contribution < 1.29 is 15.0 Å². The van der Waals surface area contributed by atoms with Crippen LogP contribution in [0.2, 0.25) is 0 Å². The van der Waals surface area contributed by atoms with Crippen molar-refractivity contribution in [2.45, 2.75) is 45.1 Å². The molecule has 2 heterocycles. The van der Waals surface area contributed by atoms with Crippen molar-refractivity contribution in [1.29, 1.82) is 0 Å². The van der Waals surface area contributed by atoms with Gasteiger partial charge in [0.2, 0.25) is 5.91 Å². The van der Waals surface area contributed by atoms with E-state index in [1.54, 1.807) is 4.90 Å². The number of amides is 1. The van der Waals surface area contributed by atoms with Crippen LogP contribution in [0, 0.1) is 5.41 Å². The Bertz CT molecular complexity index is 321. The van der Waals surface area contributed by atoms with Gasteiger partial charge in [-0.25, -0.2) is 0 Å². The summed E-state index contributed by atoms with van der Waals surface area (Å²) in [6.07, 6.45) is 4.10. The quantitative estimate of drug-likeness (QED) is 0.743. The SMILES string of the molecule is CCC1(CO)CCN(CC(O)CN2CCCC2=O)CC1. The number of carbonyl (C=O) groups excluding carboxylic acids is 1. The van der Waals surface area contributed by atoms with Crippen molar-refractivity contribution in [1.82, 2.24) is 9.80 Å². The monoisotopic (exact) mass is 284 g/mol. The summed E-state index contributed by atoms with van der Waals surface area (Å²) in [6, 6.07) is 0. The van der Waals surface area contributed by atoms with Gasteiger partial charge in [0, 0.05) is 32.7 Å². The number of aliphatic hydroxyl groups is 2. The Kier molecular flexibility index (Phi) is 5.41. The highest BCUT2D eigenvalue weighted by Gasteiger charge is 2.33. The van der Waals surface area contributed by atoms with Gasteiger partial charge in [0.15, 0.2) is 0 Å². The smallest absolute Gasteiger partial charge is 0.222 e. The second-order valence-electron chi connectivity index (χ2n) is 6.41. The molecule has 0 aromatic rings. The molecule has 5 heteroatoms. The van der Waals surface area contributed by atoms with Gasteiger partial charge in [-0.15, -0.1) is 0 Å². The first-order valence-corrected chi connectivity index (χ1v) is 7.87. The van der Waals surface area contributed by atoms with Crippen molar-refractivity contribution in [3.63, 3.8) is 0 Å². The molecule has 116 valence electrons. The van der Waals surface area contributed by atoms with Crippen molar-refractivity contribution in [2.75, 3.05) is 39.3 Å². The number of aliphatic hydroxyl groups excluding tert-OH is 2. The number of hydrogen-bond acceptors (Lipinski definition) is 4. The lowest BCUT2D eigenvalue weighted by atomic mass is 9.77. The van der Waals surface area contributed by atoms with Crippen LogP contribution >= 0.6 is 0 Å². The third-order valence-corrected chi connectivity index (χ3v) is 5.07. The summed E-state index contributed by atoms with van der Waals surface area (Å²) in [4.78, 5) is 15.6. The molecule has 0 saturated carbocycles.